The molecule has 3 rings (SSSR count). The summed E-state index contributed by atoms with van der Waals surface area (Å²) in [6, 6.07) is 11.4. The van der Waals surface area contributed by atoms with E-state index in [1.54, 1.807) is 35.4 Å². The van der Waals surface area contributed by atoms with Crippen molar-refractivity contribution in [2.24, 2.45) is 0 Å². The molecule has 3 nitrogen and oxygen atoms in total. The Balaban J connectivity index is 1.70. The van der Waals surface area contributed by atoms with E-state index in [0.717, 1.165) is 27.0 Å². The first-order chi connectivity index (χ1) is 10.2. The van der Waals surface area contributed by atoms with Crippen LogP contribution in [-0.2, 0) is 5.75 Å². The Morgan fingerprint density at radius 2 is 2.14 bits per heavy atom. The van der Waals surface area contributed by atoms with E-state index in [0.29, 0.717) is 10.7 Å². The largest absolute Gasteiger partial charge is 0.398 e. The second-order valence-electron chi connectivity index (χ2n) is 4.33. The van der Waals surface area contributed by atoms with E-state index in [2.05, 4.69) is 15.3 Å². The summed E-state index contributed by atoms with van der Waals surface area (Å²) in [4.78, 5) is 9.94. The van der Waals surface area contributed by atoms with Crippen LogP contribution in [0.15, 0.2) is 52.9 Å². The monoisotopic (exact) mass is 333 g/mol. The van der Waals surface area contributed by atoms with Crippen LogP contribution in [-0.4, -0.2) is 9.97 Å². The molecule has 0 saturated carbocycles. The normalized spacial score (nSPS) is 10.7. The smallest absolute Gasteiger partial charge is 0.142 e. The Morgan fingerprint density at radius 1 is 1.24 bits per heavy atom. The Hall–Kier alpha value is -1.56. The van der Waals surface area contributed by atoms with Gasteiger partial charge in [-0.2, -0.15) is 0 Å². The number of pyridine rings is 1. The van der Waals surface area contributed by atoms with E-state index in [9.17, 15) is 0 Å². The van der Waals surface area contributed by atoms with E-state index in [4.69, 9.17) is 17.3 Å². The molecule has 2 N–H and O–H groups in total. The number of nitrogens with zero attached hydrogens (tertiary/aromatic N) is 2. The number of nitrogens with two attached hydrogens (primary N) is 1. The highest BCUT2D eigenvalue weighted by molar-refractivity contribution is 7.98. The minimum Gasteiger partial charge on any atom is -0.398 e. The molecule has 3 aromatic rings. The van der Waals surface area contributed by atoms with Gasteiger partial charge in [-0.25, -0.2) is 4.98 Å². The molecule has 0 unspecified atom stereocenters. The molecule has 0 radical (unpaired) electrons. The van der Waals surface area contributed by atoms with Crippen molar-refractivity contribution in [3.05, 3.63) is 58.7 Å². The Kier molecular flexibility index (Phi) is 4.43. The lowest BCUT2D eigenvalue weighted by Crippen LogP contribution is -1.89. The fraction of sp³-hybridized carbons (Fsp3) is 0.0667. The topological polar surface area (TPSA) is 51.8 Å². The van der Waals surface area contributed by atoms with Crippen molar-refractivity contribution in [3.63, 3.8) is 0 Å². The van der Waals surface area contributed by atoms with Gasteiger partial charge in [-0.1, -0.05) is 17.7 Å². The van der Waals surface area contributed by atoms with E-state index >= 15 is 0 Å². The van der Waals surface area contributed by atoms with Gasteiger partial charge in [0.1, 0.15) is 5.01 Å². The van der Waals surface area contributed by atoms with Crippen LogP contribution < -0.4 is 5.73 Å². The molecule has 21 heavy (non-hydrogen) atoms. The molecular weight excluding hydrogens is 322 g/mol. The maximum atomic E-state index is 5.95. The number of thioether (sulfide) groups is 1. The molecule has 106 valence electrons. The van der Waals surface area contributed by atoms with Crippen molar-refractivity contribution in [2.45, 2.75) is 10.6 Å². The van der Waals surface area contributed by atoms with Gasteiger partial charge in [0, 0.05) is 32.9 Å². The van der Waals surface area contributed by atoms with Gasteiger partial charge >= 0.3 is 0 Å². The van der Waals surface area contributed by atoms with Crippen LogP contribution in [0.4, 0.5) is 5.69 Å². The molecule has 0 amide bonds. The van der Waals surface area contributed by atoms with Crippen LogP contribution in [0.25, 0.3) is 10.7 Å². The molecule has 0 aliphatic heterocycles. The third-order valence-electron chi connectivity index (χ3n) is 2.78. The third-order valence-corrected chi connectivity index (χ3v) is 5.05. The van der Waals surface area contributed by atoms with Gasteiger partial charge in [0.15, 0.2) is 0 Å². The van der Waals surface area contributed by atoms with Crippen LogP contribution in [0.3, 0.4) is 0 Å². The number of anilines is 1. The molecule has 0 aliphatic rings. The molecule has 0 bridgehead atoms. The van der Waals surface area contributed by atoms with Crippen molar-refractivity contribution in [1.29, 1.82) is 0 Å². The Morgan fingerprint density at radius 3 is 2.90 bits per heavy atom. The molecule has 0 fully saturated rings. The van der Waals surface area contributed by atoms with E-state index in [1.165, 1.54) is 0 Å². The molecule has 0 saturated heterocycles. The van der Waals surface area contributed by atoms with Crippen LogP contribution in [0.1, 0.15) is 5.69 Å². The Labute approximate surface area is 136 Å². The number of aromatic nitrogens is 2. The first kappa shape index (κ1) is 14.4. The van der Waals surface area contributed by atoms with Gasteiger partial charge in [-0.3, -0.25) is 4.98 Å². The number of halogens is 1. The predicted octanol–water partition coefficient (Wildman–Crippen LogP) is 4.73. The van der Waals surface area contributed by atoms with E-state index in [1.807, 2.05) is 30.3 Å². The standard InChI is InChI=1S/C15H12ClN3S2/c16-10-4-5-14(12(17)7-10)20-8-11-9-21-15(19-11)13-3-1-2-6-18-13/h1-7,9H,8,17H2. The molecule has 0 atom stereocenters. The lowest BCUT2D eigenvalue weighted by molar-refractivity contribution is 1.21. The average molecular weight is 334 g/mol. The highest BCUT2D eigenvalue weighted by atomic mass is 35.5. The van der Waals surface area contributed by atoms with Gasteiger partial charge in [-0.15, -0.1) is 23.1 Å². The summed E-state index contributed by atoms with van der Waals surface area (Å²) in [7, 11) is 0. The minimum absolute atomic E-state index is 0.656. The maximum absolute atomic E-state index is 5.95. The van der Waals surface area contributed by atoms with Crippen LogP contribution in [0, 0.1) is 0 Å². The van der Waals surface area contributed by atoms with Crippen molar-refractivity contribution < 1.29 is 0 Å². The maximum Gasteiger partial charge on any atom is 0.142 e. The fourth-order valence-electron chi connectivity index (χ4n) is 1.78. The third kappa shape index (κ3) is 3.56. The van der Waals surface area contributed by atoms with Crippen LogP contribution in [0.2, 0.25) is 5.02 Å². The summed E-state index contributed by atoms with van der Waals surface area (Å²) in [5, 5.41) is 3.65. The second kappa shape index (κ2) is 6.47. The minimum atomic E-state index is 0.656. The average Bonchev–Trinajstić information content (AvgIpc) is 2.96. The number of thiazole rings is 1. The summed E-state index contributed by atoms with van der Waals surface area (Å²) in [6.07, 6.45) is 1.78. The number of rotatable bonds is 4. The molecule has 2 aromatic heterocycles. The lowest BCUT2D eigenvalue weighted by Gasteiger charge is -2.04. The highest BCUT2D eigenvalue weighted by Gasteiger charge is 2.07. The van der Waals surface area contributed by atoms with Gasteiger partial charge in [0.05, 0.1) is 11.4 Å². The van der Waals surface area contributed by atoms with E-state index in [-0.39, 0.29) is 0 Å². The number of hydrogen-bond acceptors (Lipinski definition) is 5. The zero-order chi connectivity index (χ0) is 14.7. The second-order valence-corrected chi connectivity index (χ2v) is 6.64. The molecule has 2 heterocycles. The van der Waals surface area contributed by atoms with Crippen molar-refractivity contribution >= 4 is 40.4 Å². The fourth-order valence-corrected chi connectivity index (χ4v) is 3.70. The summed E-state index contributed by atoms with van der Waals surface area (Å²) in [5.41, 5.74) is 8.59. The molecular formula is C15H12ClN3S2. The van der Waals surface area contributed by atoms with Crippen LogP contribution >= 0.6 is 34.7 Å². The van der Waals surface area contributed by atoms with Gasteiger partial charge in [0.2, 0.25) is 0 Å². The van der Waals surface area contributed by atoms with Crippen molar-refractivity contribution in [3.8, 4) is 10.7 Å². The first-order valence-electron chi connectivity index (χ1n) is 6.26. The molecule has 1 aromatic carbocycles. The van der Waals surface area contributed by atoms with Crippen molar-refractivity contribution in [1.82, 2.24) is 9.97 Å². The van der Waals surface area contributed by atoms with Crippen LogP contribution in [0.5, 0.6) is 0 Å². The zero-order valence-corrected chi connectivity index (χ0v) is 13.4. The number of benzene rings is 1. The zero-order valence-electron chi connectivity index (χ0n) is 11.0. The summed E-state index contributed by atoms with van der Waals surface area (Å²) in [6.45, 7) is 0. The van der Waals surface area contributed by atoms with Gasteiger partial charge < -0.3 is 5.73 Å². The first-order valence-corrected chi connectivity index (χ1v) is 8.50. The molecule has 0 spiro atoms. The van der Waals surface area contributed by atoms with Gasteiger partial charge in [0.25, 0.3) is 0 Å². The molecule has 6 heteroatoms. The molecule has 0 aliphatic carbocycles. The summed E-state index contributed by atoms with van der Waals surface area (Å²) in [5.74, 6) is 0.773. The van der Waals surface area contributed by atoms with Crippen molar-refractivity contribution in [2.75, 3.05) is 5.73 Å². The van der Waals surface area contributed by atoms with Gasteiger partial charge in [-0.05, 0) is 30.3 Å². The summed E-state index contributed by atoms with van der Waals surface area (Å²) >= 11 is 9.16. The number of nitrogen functional groups attached to an aromatic ring is 1. The lowest BCUT2D eigenvalue weighted by atomic mass is 10.3. The highest BCUT2D eigenvalue weighted by Crippen LogP contribution is 2.31. The SMILES string of the molecule is Nc1cc(Cl)ccc1SCc1csc(-c2ccccn2)n1. The summed E-state index contributed by atoms with van der Waals surface area (Å²) < 4.78 is 0. The quantitative estimate of drug-likeness (QED) is 0.553. The van der Waals surface area contributed by atoms with E-state index < -0.39 is 0 Å². The Bertz CT molecular complexity index is 744. The number of hydrogen-bond donors (Lipinski definition) is 1. The predicted molar refractivity (Wildman–Crippen MR) is 90.8 cm³/mol.